The van der Waals surface area contributed by atoms with E-state index in [9.17, 15) is 16.8 Å². The Kier molecular flexibility index (Phi) is 3.89. The molecule has 3 aromatic rings. The maximum atomic E-state index is 12.4. The van der Waals surface area contributed by atoms with Gasteiger partial charge in [0, 0.05) is 19.5 Å². The summed E-state index contributed by atoms with van der Waals surface area (Å²) >= 11 is 0.993. The predicted octanol–water partition coefficient (Wildman–Crippen LogP) is 1.54. The Hall–Kier alpha value is -1.98. The fourth-order valence-corrected chi connectivity index (χ4v) is 4.96. The summed E-state index contributed by atoms with van der Waals surface area (Å²) in [5, 5.41) is -0.0799. The number of sulfone groups is 1. The van der Waals surface area contributed by atoms with E-state index < -0.39 is 19.9 Å². The second-order valence-corrected chi connectivity index (χ2v) is 10.1. The van der Waals surface area contributed by atoms with Gasteiger partial charge in [-0.1, -0.05) is 0 Å². The lowest BCUT2D eigenvalue weighted by atomic mass is 10.3. The van der Waals surface area contributed by atoms with Crippen LogP contribution in [0.2, 0.25) is 0 Å². The number of fused-ring (bicyclic) bond motifs is 1. The Morgan fingerprint density at radius 1 is 1.17 bits per heavy atom. The normalized spacial score (nSPS) is 12.6. The molecule has 24 heavy (non-hydrogen) atoms. The Labute approximate surface area is 143 Å². The first-order chi connectivity index (χ1) is 11.1. The molecule has 128 valence electrons. The van der Waals surface area contributed by atoms with Crippen molar-refractivity contribution in [2.45, 2.75) is 16.3 Å². The number of rotatable bonds is 4. The van der Waals surface area contributed by atoms with Crippen LogP contribution in [0.25, 0.3) is 10.2 Å². The number of anilines is 1. The number of hydrogen-bond acceptors (Lipinski definition) is 7. The first-order valence-electron chi connectivity index (χ1n) is 6.70. The van der Waals surface area contributed by atoms with Gasteiger partial charge in [0.15, 0.2) is 5.03 Å². The zero-order valence-electron chi connectivity index (χ0n) is 13.0. The second-order valence-electron chi connectivity index (χ2n) is 5.28. The summed E-state index contributed by atoms with van der Waals surface area (Å²) in [6, 6.07) is 4.65. The van der Waals surface area contributed by atoms with Gasteiger partial charge in [-0.2, -0.15) is 8.42 Å². The molecule has 8 nitrogen and oxygen atoms in total. The number of nitrogens with one attached hydrogen (secondary N) is 1. The average Bonchev–Trinajstić information content (AvgIpc) is 3.02. The fraction of sp³-hybridized carbons (Fsp3) is 0.231. The van der Waals surface area contributed by atoms with Crippen LogP contribution in [0.4, 0.5) is 5.69 Å². The van der Waals surface area contributed by atoms with Crippen molar-refractivity contribution in [3.63, 3.8) is 0 Å². The van der Waals surface area contributed by atoms with Gasteiger partial charge in [0.05, 0.1) is 15.9 Å². The molecule has 1 N–H and O–H groups in total. The quantitative estimate of drug-likeness (QED) is 0.728. The van der Waals surface area contributed by atoms with E-state index in [0.29, 0.717) is 21.7 Å². The molecule has 0 bridgehead atoms. The molecular weight excluding hydrogens is 372 g/mol. The lowest BCUT2D eigenvalue weighted by Gasteiger charge is -2.05. The molecule has 0 atom stereocenters. The molecule has 0 aliphatic heterocycles. The molecule has 0 aliphatic rings. The average molecular weight is 386 g/mol. The van der Waals surface area contributed by atoms with Crippen LogP contribution in [-0.4, -0.2) is 37.6 Å². The maximum Gasteiger partial charge on any atom is 0.280 e. The van der Waals surface area contributed by atoms with E-state index in [4.69, 9.17) is 0 Å². The molecule has 0 saturated carbocycles. The summed E-state index contributed by atoms with van der Waals surface area (Å²) in [6.07, 6.45) is 2.50. The smallest absolute Gasteiger partial charge is 0.280 e. The van der Waals surface area contributed by atoms with Gasteiger partial charge >= 0.3 is 0 Å². The van der Waals surface area contributed by atoms with Gasteiger partial charge in [-0.25, -0.2) is 18.4 Å². The fourth-order valence-electron chi connectivity index (χ4n) is 1.99. The Balaban J connectivity index is 1.98. The molecule has 0 unspecified atom stereocenters. The monoisotopic (exact) mass is 386 g/mol. The number of sulfonamides is 1. The highest BCUT2D eigenvalue weighted by molar-refractivity contribution is 7.93. The lowest BCUT2D eigenvalue weighted by molar-refractivity contribution is 0.597. The molecule has 3 rings (SSSR count). The standard InChI is InChI=1S/C13H14N4O4S3/c1-8-14-12(7-17(8)2)24(20,21)16-9-4-5-10-11(6-9)22-13(15-10)23(3,18)19/h4-7,16H,1-3H3. The van der Waals surface area contributed by atoms with Crippen LogP contribution in [0.1, 0.15) is 5.82 Å². The summed E-state index contributed by atoms with van der Waals surface area (Å²) in [7, 11) is -5.52. The highest BCUT2D eigenvalue weighted by atomic mass is 32.2. The number of benzene rings is 1. The molecule has 2 aromatic heterocycles. The highest BCUT2D eigenvalue weighted by Crippen LogP contribution is 2.28. The summed E-state index contributed by atoms with van der Waals surface area (Å²) in [6.45, 7) is 1.70. The minimum atomic E-state index is -3.82. The topological polar surface area (TPSA) is 111 Å². The number of imidazole rings is 1. The molecule has 0 saturated heterocycles. The van der Waals surface area contributed by atoms with Crippen molar-refractivity contribution in [2.75, 3.05) is 11.0 Å². The molecule has 0 spiro atoms. The van der Waals surface area contributed by atoms with Gasteiger partial charge in [-0.3, -0.25) is 4.72 Å². The van der Waals surface area contributed by atoms with Crippen LogP contribution in [0.15, 0.2) is 33.8 Å². The van der Waals surface area contributed by atoms with Crippen molar-refractivity contribution in [3.8, 4) is 0 Å². The molecule has 0 fully saturated rings. The molecule has 0 radical (unpaired) electrons. The predicted molar refractivity (Wildman–Crippen MR) is 91.5 cm³/mol. The van der Waals surface area contributed by atoms with Crippen LogP contribution in [0.3, 0.4) is 0 Å². The van der Waals surface area contributed by atoms with Gasteiger partial charge in [0.2, 0.25) is 14.2 Å². The third-order valence-electron chi connectivity index (χ3n) is 3.30. The first kappa shape index (κ1) is 16.9. The van der Waals surface area contributed by atoms with E-state index in [1.165, 1.54) is 12.3 Å². The summed E-state index contributed by atoms with van der Waals surface area (Å²) in [5.41, 5.74) is 0.812. The number of nitrogens with zero attached hydrogens (tertiary/aromatic N) is 3. The lowest BCUT2D eigenvalue weighted by Crippen LogP contribution is -2.13. The van der Waals surface area contributed by atoms with E-state index in [1.807, 2.05) is 0 Å². The van der Waals surface area contributed by atoms with E-state index >= 15 is 0 Å². The zero-order chi connectivity index (χ0) is 17.7. The van der Waals surface area contributed by atoms with Gasteiger partial charge in [-0.15, -0.1) is 11.3 Å². The van der Waals surface area contributed by atoms with Gasteiger partial charge in [0.1, 0.15) is 5.82 Å². The SMILES string of the molecule is Cc1nc(S(=O)(=O)Nc2ccc3nc(S(C)(=O)=O)sc3c2)cn1C. The summed E-state index contributed by atoms with van der Waals surface area (Å²) < 4.78 is 52.5. The minimum absolute atomic E-state index is 0.00198. The summed E-state index contributed by atoms with van der Waals surface area (Å²) in [4.78, 5) is 8.03. The minimum Gasteiger partial charge on any atom is -0.337 e. The van der Waals surface area contributed by atoms with Gasteiger partial charge in [0.25, 0.3) is 10.0 Å². The highest BCUT2D eigenvalue weighted by Gasteiger charge is 2.20. The zero-order valence-corrected chi connectivity index (χ0v) is 15.5. The van der Waals surface area contributed by atoms with Crippen molar-refractivity contribution in [2.24, 2.45) is 7.05 Å². The molecule has 0 amide bonds. The van der Waals surface area contributed by atoms with Gasteiger partial charge < -0.3 is 4.57 Å². The molecule has 11 heteroatoms. The van der Waals surface area contributed by atoms with E-state index in [1.54, 1.807) is 30.7 Å². The van der Waals surface area contributed by atoms with Crippen LogP contribution in [0.5, 0.6) is 0 Å². The Bertz CT molecular complexity index is 1120. The van der Waals surface area contributed by atoms with E-state index in [2.05, 4.69) is 14.7 Å². The van der Waals surface area contributed by atoms with Crippen molar-refractivity contribution < 1.29 is 16.8 Å². The molecule has 1 aromatic carbocycles. The number of aromatic nitrogens is 3. The second kappa shape index (κ2) is 5.53. The largest absolute Gasteiger partial charge is 0.337 e. The molecule has 0 aliphatic carbocycles. The van der Waals surface area contributed by atoms with Crippen molar-refractivity contribution in [3.05, 3.63) is 30.2 Å². The van der Waals surface area contributed by atoms with Crippen LogP contribution in [0, 0.1) is 6.92 Å². The number of hydrogen-bond donors (Lipinski definition) is 1. The molecule has 2 heterocycles. The van der Waals surface area contributed by atoms with Crippen molar-refractivity contribution >= 4 is 47.1 Å². The van der Waals surface area contributed by atoms with Crippen LogP contribution in [-0.2, 0) is 26.9 Å². The van der Waals surface area contributed by atoms with E-state index in [0.717, 1.165) is 17.6 Å². The third kappa shape index (κ3) is 3.14. The maximum absolute atomic E-state index is 12.4. The van der Waals surface area contributed by atoms with Crippen molar-refractivity contribution in [1.29, 1.82) is 0 Å². The van der Waals surface area contributed by atoms with Crippen molar-refractivity contribution in [1.82, 2.24) is 14.5 Å². The van der Waals surface area contributed by atoms with Gasteiger partial charge in [-0.05, 0) is 25.1 Å². The third-order valence-corrected chi connectivity index (χ3v) is 7.25. The number of thiazole rings is 1. The summed E-state index contributed by atoms with van der Waals surface area (Å²) in [5.74, 6) is 0.575. The van der Waals surface area contributed by atoms with Crippen LogP contribution < -0.4 is 4.72 Å². The number of aryl methyl sites for hydroxylation is 2. The van der Waals surface area contributed by atoms with Crippen LogP contribution >= 0.6 is 11.3 Å². The Morgan fingerprint density at radius 3 is 2.46 bits per heavy atom. The molecular formula is C13H14N4O4S3. The Morgan fingerprint density at radius 2 is 1.88 bits per heavy atom. The van der Waals surface area contributed by atoms with E-state index in [-0.39, 0.29) is 9.37 Å². The first-order valence-corrected chi connectivity index (χ1v) is 10.9.